The molecule has 0 saturated heterocycles. The van der Waals surface area contributed by atoms with Gasteiger partial charge in [0.1, 0.15) is 11.5 Å². The average molecular weight is 422 g/mol. The molecule has 0 bridgehead atoms. The highest BCUT2D eigenvalue weighted by Gasteiger charge is 2.28. The van der Waals surface area contributed by atoms with Crippen molar-refractivity contribution in [3.63, 3.8) is 0 Å². The van der Waals surface area contributed by atoms with E-state index in [1.165, 1.54) is 19.6 Å². The first-order valence-electron chi connectivity index (χ1n) is 10.1. The first-order valence-corrected chi connectivity index (χ1v) is 10.1. The molecule has 0 fully saturated rings. The number of rotatable bonds is 10. The molecule has 0 atom stereocenters. The second-order valence-electron chi connectivity index (χ2n) is 7.01. The van der Waals surface area contributed by atoms with Crippen LogP contribution in [0, 0.1) is 5.92 Å². The van der Waals surface area contributed by atoms with Gasteiger partial charge in [-0.3, -0.25) is 9.59 Å². The predicted octanol–water partition coefficient (Wildman–Crippen LogP) is 4.19. The summed E-state index contributed by atoms with van der Waals surface area (Å²) in [7, 11) is 2.50. The smallest absolute Gasteiger partial charge is 0.320 e. The van der Waals surface area contributed by atoms with E-state index < -0.39 is 17.9 Å². The first-order chi connectivity index (χ1) is 15.1. The number of hydrogen-bond donors (Lipinski definition) is 0. The Morgan fingerprint density at radius 3 is 1.97 bits per heavy atom. The van der Waals surface area contributed by atoms with Gasteiger partial charge in [-0.05, 0) is 47.0 Å². The third kappa shape index (κ3) is 6.22. The van der Waals surface area contributed by atoms with Crippen LogP contribution in [0.3, 0.4) is 0 Å². The van der Waals surface area contributed by atoms with Crippen LogP contribution in [-0.4, -0.2) is 39.4 Å². The molecule has 0 saturated carbocycles. The molecule has 3 aromatic rings. The zero-order chi connectivity index (χ0) is 22.1. The van der Waals surface area contributed by atoms with Gasteiger partial charge in [-0.2, -0.15) is 0 Å². The Bertz CT molecular complexity index is 996. The quantitative estimate of drug-likeness (QED) is 0.277. The summed E-state index contributed by atoms with van der Waals surface area (Å²) in [4.78, 5) is 23.6. The highest BCUT2D eigenvalue weighted by Crippen LogP contribution is 2.21. The largest absolute Gasteiger partial charge is 0.493 e. The third-order valence-electron chi connectivity index (χ3n) is 4.88. The number of methoxy groups -OCH3 is 2. The predicted molar refractivity (Wildman–Crippen MR) is 117 cm³/mol. The molecule has 0 radical (unpaired) electrons. The van der Waals surface area contributed by atoms with Crippen LogP contribution in [0.2, 0.25) is 0 Å². The van der Waals surface area contributed by atoms with E-state index in [1.807, 2.05) is 54.6 Å². The standard InChI is InChI=1S/C25H26O6/c1-28-24(26)23(25(27)29-2)16-18-8-11-21(12-9-18)30-14-5-15-31-22-13-10-19-6-3-4-7-20(19)17-22/h3-4,6-13,17,23H,5,14-16H2,1-2H3. The van der Waals surface area contributed by atoms with Crippen molar-refractivity contribution in [2.75, 3.05) is 27.4 Å². The molecule has 3 aromatic carbocycles. The Morgan fingerprint density at radius 2 is 1.32 bits per heavy atom. The number of carbonyl (C=O) groups is 2. The van der Waals surface area contributed by atoms with E-state index in [9.17, 15) is 9.59 Å². The molecule has 162 valence electrons. The summed E-state index contributed by atoms with van der Waals surface area (Å²) in [5.74, 6) is -0.651. The molecule has 0 unspecified atom stereocenters. The summed E-state index contributed by atoms with van der Waals surface area (Å²) in [6.45, 7) is 1.07. The maximum absolute atomic E-state index is 11.8. The molecular weight excluding hydrogens is 396 g/mol. The van der Waals surface area contributed by atoms with Crippen LogP contribution in [0.5, 0.6) is 11.5 Å². The molecule has 31 heavy (non-hydrogen) atoms. The molecule has 0 aliphatic rings. The van der Waals surface area contributed by atoms with Crippen LogP contribution in [0.4, 0.5) is 0 Å². The average Bonchev–Trinajstić information content (AvgIpc) is 2.82. The van der Waals surface area contributed by atoms with Crippen molar-refractivity contribution in [2.24, 2.45) is 5.92 Å². The van der Waals surface area contributed by atoms with Crippen molar-refractivity contribution >= 4 is 22.7 Å². The minimum Gasteiger partial charge on any atom is -0.493 e. The summed E-state index contributed by atoms with van der Waals surface area (Å²) in [6.07, 6.45) is 0.945. The molecule has 3 rings (SSSR count). The summed E-state index contributed by atoms with van der Waals surface area (Å²) < 4.78 is 20.9. The molecular formula is C25H26O6. The Balaban J connectivity index is 1.43. The SMILES string of the molecule is COC(=O)C(Cc1ccc(OCCCOc2ccc3ccccc3c2)cc1)C(=O)OC. The second-order valence-corrected chi connectivity index (χ2v) is 7.01. The highest BCUT2D eigenvalue weighted by molar-refractivity contribution is 5.95. The summed E-state index contributed by atoms with van der Waals surface area (Å²) in [5, 5.41) is 2.34. The molecule has 0 aliphatic heterocycles. The van der Waals surface area contributed by atoms with E-state index in [4.69, 9.17) is 9.47 Å². The number of hydrogen-bond acceptors (Lipinski definition) is 6. The highest BCUT2D eigenvalue weighted by atomic mass is 16.5. The molecule has 0 amide bonds. The third-order valence-corrected chi connectivity index (χ3v) is 4.88. The number of carbonyl (C=O) groups excluding carboxylic acids is 2. The Labute approximate surface area is 181 Å². The molecule has 0 spiro atoms. The lowest BCUT2D eigenvalue weighted by atomic mass is 9.99. The molecule has 0 aliphatic carbocycles. The topological polar surface area (TPSA) is 71.1 Å². The monoisotopic (exact) mass is 422 g/mol. The normalized spacial score (nSPS) is 10.7. The lowest BCUT2D eigenvalue weighted by molar-refractivity contribution is -0.158. The van der Waals surface area contributed by atoms with Crippen molar-refractivity contribution in [1.82, 2.24) is 0 Å². The zero-order valence-corrected chi connectivity index (χ0v) is 17.7. The Kier molecular flexibility index (Phi) is 7.87. The van der Waals surface area contributed by atoms with Crippen LogP contribution in [0.25, 0.3) is 10.8 Å². The van der Waals surface area contributed by atoms with Crippen LogP contribution in [0.1, 0.15) is 12.0 Å². The molecule has 0 aromatic heterocycles. The van der Waals surface area contributed by atoms with Crippen LogP contribution < -0.4 is 9.47 Å². The van der Waals surface area contributed by atoms with Crippen LogP contribution >= 0.6 is 0 Å². The molecule has 0 heterocycles. The van der Waals surface area contributed by atoms with Crippen molar-refractivity contribution in [2.45, 2.75) is 12.8 Å². The maximum Gasteiger partial charge on any atom is 0.320 e. The van der Waals surface area contributed by atoms with Crippen molar-refractivity contribution in [1.29, 1.82) is 0 Å². The van der Waals surface area contributed by atoms with Crippen LogP contribution in [0.15, 0.2) is 66.7 Å². The molecule has 0 N–H and O–H groups in total. The zero-order valence-electron chi connectivity index (χ0n) is 17.7. The van der Waals surface area contributed by atoms with Gasteiger partial charge >= 0.3 is 11.9 Å². The van der Waals surface area contributed by atoms with Gasteiger partial charge < -0.3 is 18.9 Å². The fourth-order valence-electron chi connectivity index (χ4n) is 3.20. The number of fused-ring (bicyclic) bond motifs is 1. The van der Waals surface area contributed by atoms with Crippen molar-refractivity contribution in [3.05, 3.63) is 72.3 Å². The fourth-order valence-corrected chi connectivity index (χ4v) is 3.20. The first kappa shape index (κ1) is 22.2. The van der Waals surface area contributed by atoms with Gasteiger partial charge in [0.05, 0.1) is 27.4 Å². The van der Waals surface area contributed by atoms with Crippen LogP contribution in [-0.2, 0) is 25.5 Å². The summed E-state index contributed by atoms with van der Waals surface area (Å²) in [5.41, 5.74) is 0.813. The van der Waals surface area contributed by atoms with Gasteiger partial charge in [0.15, 0.2) is 5.92 Å². The summed E-state index contributed by atoms with van der Waals surface area (Å²) in [6, 6.07) is 21.5. The van der Waals surface area contributed by atoms with E-state index in [-0.39, 0.29) is 6.42 Å². The minimum atomic E-state index is -0.978. The van der Waals surface area contributed by atoms with Gasteiger partial charge in [-0.15, -0.1) is 0 Å². The molecule has 6 nitrogen and oxygen atoms in total. The Morgan fingerprint density at radius 1 is 0.742 bits per heavy atom. The van der Waals surface area contributed by atoms with Gasteiger partial charge in [0, 0.05) is 6.42 Å². The van der Waals surface area contributed by atoms with E-state index in [2.05, 4.69) is 21.6 Å². The number of esters is 2. The van der Waals surface area contributed by atoms with Gasteiger partial charge in [-0.1, -0.05) is 42.5 Å². The van der Waals surface area contributed by atoms with Crippen molar-refractivity contribution in [3.8, 4) is 11.5 Å². The van der Waals surface area contributed by atoms with E-state index in [0.717, 1.165) is 23.1 Å². The van der Waals surface area contributed by atoms with Gasteiger partial charge in [0.25, 0.3) is 0 Å². The second kappa shape index (κ2) is 11.0. The van der Waals surface area contributed by atoms with E-state index in [1.54, 1.807) is 0 Å². The lowest BCUT2D eigenvalue weighted by Crippen LogP contribution is -2.28. The number of ether oxygens (including phenoxy) is 4. The van der Waals surface area contributed by atoms with Gasteiger partial charge in [-0.25, -0.2) is 0 Å². The van der Waals surface area contributed by atoms with E-state index in [0.29, 0.717) is 19.0 Å². The lowest BCUT2D eigenvalue weighted by Gasteiger charge is -2.13. The van der Waals surface area contributed by atoms with Crippen molar-refractivity contribution < 1.29 is 28.5 Å². The minimum absolute atomic E-state index is 0.208. The number of benzene rings is 3. The van der Waals surface area contributed by atoms with Gasteiger partial charge in [0.2, 0.25) is 0 Å². The maximum atomic E-state index is 11.8. The Hall–Kier alpha value is -3.54. The molecule has 6 heteroatoms. The van der Waals surface area contributed by atoms with E-state index >= 15 is 0 Å². The summed E-state index contributed by atoms with van der Waals surface area (Å²) >= 11 is 0. The fraction of sp³-hybridized carbons (Fsp3) is 0.280.